The first-order valence-corrected chi connectivity index (χ1v) is 8.14. The van der Waals surface area contributed by atoms with Crippen LogP contribution in [0.1, 0.15) is 11.3 Å². The summed E-state index contributed by atoms with van der Waals surface area (Å²) in [6, 6.07) is 7.05. The van der Waals surface area contributed by atoms with Gasteiger partial charge in [0, 0.05) is 23.3 Å². The molecule has 8 heteroatoms. The minimum atomic E-state index is -0.911. The fourth-order valence-electron chi connectivity index (χ4n) is 3.12. The topological polar surface area (TPSA) is 76.8 Å². The van der Waals surface area contributed by atoms with Gasteiger partial charge >= 0.3 is 0 Å². The van der Waals surface area contributed by atoms with Gasteiger partial charge in [0.25, 0.3) is 5.91 Å². The number of halogens is 1. The number of anilines is 1. The first kappa shape index (κ1) is 15.1. The van der Waals surface area contributed by atoms with Gasteiger partial charge in [0.05, 0.1) is 11.4 Å². The summed E-state index contributed by atoms with van der Waals surface area (Å²) < 4.78 is 2.43. The van der Waals surface area contributed by atoms with Crippen LogP contribution in [0, 0.1) is 12.8 Å². The first-order chi connectivity index (χ1) is 11.5. The number of imide groups is 1. The number of hydrogen-bond acceptors (Lipinski definition) is 5. The molecule has 2 atom stereocenters. The molecule has 0 unspecified atom stereocenters. The Morgan fingerprint density at radius 1 is 1.25 bits per heavy atom. The molecule has 0 aliphatic carbocycles. The van der Waals surface area contributed by atoms with E-state index in [1.165, 1.54) is 4.90 Å². The molecular weight excluding hydrogens is 376 g/mol. The monoisotopic (exact) mass is 388 g/mol. The lowest BCUT2D eigenvalue weighted by atomic mass is 9.94. The Hall–Kier alpha value is -2.48. The van der Waals surface area contributed by atoms with E-state index in [4.69, 9.17) is 4.84 Å². The Morgan fingerprint density at radius 3 is 2.71 bits per heavy atom. The molecular formula is C16H13BrN4O3. The maximum Gasteiger partial charge on any atom is 0.278 e. The van der Waals surface area contributed by atoms with E-state index >= 15 is 0 Å². The van der Waals surface area contributed by atoms with Crippen LogP contribution in [-0.2, 0) is 21.5 Å². The third-order valence-electron chi connectivity index (χ3n) is 4.17. The predicted molar refractivity (Wildman–Crippen MR) is 89.5 cm³/mol. The number of carbonyl (C=O) groups is 2. The largest absolute Gasteiger partial charge is 0.381 e. The van der Waals surface area contributed by atoms with E-state index in [2.05, 4.69) is 26.2 Å². The van der Waals surface area contributed by atoms with Gasteiger partial charge in [-0.25, -0.2) is 4.90 Å². The summed E-state index contributed by atoms with van der Waals surface area (Å²) in [6.45, 7) is 1.83. The van der Waals surface area contributed by atoms with Gasteiger partial charge in [0.15, 0.2) is 0 Å². The van der Waals surface area contributed by atoms with Gasteiger partial charge in [0.1, 0.15) is 11.6 Å². The van der Waals surface area contributed by atoms with E-state index in [1.54, 1.807) is 36.1 Å². The van der Waals surface area contributed by atoms with Crippen LogP contribution in [0.15, 0.2) is 40.1 Å². The average molecular weight is 389 g/mol. The Balaban J connectivity index is 1.74. The van der Waals surface area contributed by atoms with Gasteiger partial charge in [-0.05, 0) is 25.1 Å². The number of aromatic nitrogens is 2. The third-order valence-corrected chi connectivity index (χ3v) is 4.66. The highest BCUT2D eigenvalue weighted by atomic mass is 79.9. The van der Waals surface area contributed by atoms with Crippen LogP contribution >= 0.6 is 15.9 Å². The molecule has 2 amide bonds. The summed E-state index contributed by atoms with van der Waals surface area (Å²) in [7, 11) is 1.79. The molecule has 0 saturated carbocycles. The smallest absolute Gasteiger partial charge is 0.278 e. The Morgan fingerprint density at radius 2 is 2.04 bits per heavy atom. The summed E-state index contributed by atoms with van der Waals surface area (Å²) in [5.74, 6) is -1.47. The maximum atomic E-state index is 12.9. The zero-order valence-electron chi connectivity index (χ0n) is 12.9. The summed E-state index contributed by atoms with van der Waals surface area (Å²) in [4.78, 5) is 32.0. The molecule has 2 aromatic rings. The molecule has 2 aliphatic rings. The first-order valence-electron chi connectivity index (χ1n) is 7.35. The van der Waals surface area contributed by atoms with Gasteiger partial charge < -0.3 is 4.84 Å². The third kappa shape index (κ3) is 2.10. The molecule has 122 valence electrons. The number of carbonyl (C=O) groups excluding carboxylic acids is 2. The molecule has 0 bridgehead atoms. The van der Waals surface area contributed by atoms with Crippen molar-refractivity contribution in [3.63, 3.8) is 0 Å². The van der Waals surface area contributed by atoms with E-state index in [-0.39, 0.29) is 5.91 Å². The van der Waals surface area contributed by atoms with Crippen molar-refractivity contribution in [2.75, 3.05) is 4.90 Å². The van der Waals surface area contributed by atoms with Crippen molar-refractivity contribution < 1.29 is 14.4 Å². The number of hydrogen-bond donors (Lipinski definition) is 0. The minimum absolute atomic E-state index is 0.331. The predicted octanol–water partition coefficient (Wildman–Crippen LogP) is 1.78. The second kappa shape index (κ2) is 5.27. The highest BCUT2D eigenvalue weighted by Gasteiger charge is 2.56. The zero-order valence-corrected chi connectivity index (χ0v) is 14.5. The van der Waals surface area contributed by atoms with E-state index in [0.29, 0.717) is 11.4 Å². The van der Waals surface area contributed by atoms with Crippen LogP contribution < -0.4 is 4.90 Å². The molecule has 24 heavy (non-hydrogen) atoms. The van der Waals surface area contributed by atoms with Crippen molar-refractivity contribution in [1.82, 2.24) is 9.78 Å². The molecule has 0 spiro atoms. The number of aryl methyl sites for hydroxylation is 2. The Kier molecular flexibility index (Phi) is 3.31. The lowest BCUT2D eigenvalue weighted by molar-refractivity contribution is -0.126. The molecule has 3 heterocycles. The van der Waals surface area contributed by atoms with Crippen LogP contribution in [0.5, 0.6) is 0 Å². The van der Waals surface area contributed by atoms with Gasteiger partial charge in [-0.3, -0.25) is 14.3 Å². The van der Waals surface area contributed by atoms with Crippen LogP contribution in [0.3, 0.4) is 0 Å². The fourth-order valence-corrected chi connectivity index (χ4v) is 3.51. The van der Waals surface area contributed by atoms with Gasteiger partial charge in [-0.2, -0.15) is 5.10 Å². The minimum Gasteiger partial charge on any atom is -0.381 e. The summed E-state index contributed by atoms with van der Waals surface area (Å²) in [5.41, 5.74) is 2.44. The molecule has 2 aliphatic heterocycles. The molecule has 1 saturated heterocycles. The van der Waals surface area contributed by atoms with Crippen molar-refractivity contribution in [3.05, 3.63) is 46.2 Å². The van der Waals surface area contributed by atoms with Crippen molar-refractivity contribution in [3.8, 4) is 0 Å². The Bertz CT molecular complexity index is 904. The van der Waals surface area contributed by atoms with E-state index < -0.39 is 17.9 Å². The highest BCUT2D eigenvalue weighted by molar-refractivity contribution is 9.10. The second-order valence-corrected chi connectivity index (χ2v) is 6.69. The summed E-state index contributed by atoms with van der Waals surface area (Å²) in [5, 5.41) is 8.26. The van der Waals surface area contributed by atoms with Crippen molar-refractivity contribution >= 4 is 39.1 Å². The number of oxime groups is 1. The fraction of sp³-hybridized carbons (Fsp3) is 0.250. The van der Waals surface area contributed by atoms with E-state index in [0.717, 1.165) is 15.7 Å². The number of amides is 2. The van der Waals surface area contributed by atoms with Crippen LogP contribution in [-0.4, -0.2) is 33.4 Å². The van der Waals surface area contributed by atoms with Gasteiger partial charge in [-0.15, -0.1) is 0 Å². The van der Waals surface area contributed by atoms with Crippen LogP contribution in [0.2, 0.25) is 0 Å². The second-order valence-electron chi connectivity index (χ2n) is 5.77. The lowest BCUT2D eigenvalue weighted by Crippen LogP contribution is -2.33. The maximum absolute atomic E-state index is 12.9. The van der Waals surface area contributed by atoms with Crippen LogP contribution in [0.25, 0.3) is 0 Å². The number of rotatable bonds is 2. The molecule has 0 radical (unpaired) electrons. The highest BCUT2D eigenvalue weighted by Crippen LogP contribution is 2.36. The van der Waals surface area contributed by atoms with Gasteiger partial charge in [0.2, 0.25) is 12.0 Å². The molecule has 1 aromatic heterocycles. The normalized spacial score (nSPS) is 22.6. The quantitative estimate of drug-likeness (QED) is 0.734. The summed E-state index contributed by atoms with van der Waals surface area (Å²) in [6.07, 6.45) is 0.866. The standard InChI is InChI=1S/C16H13BrN4O3/c1-8-11(7-20(2)18-8)13-12-14(24-19-13)16(23)21(15(12)22)10-5-3-4-9(17)6-10/h3-7,12,14H,1-2H3/t12-,14+/m1/s1. The zero-order chi connectivity index (χ0) is 17.0. The van der Waals surface area contributed by atoms with E-state index in [1.807, 2.05) is 13.0 Å². The molecule has 1 aromatic carbocycles. The van der Waals surface area contributed by atoms with Crippen molar-refractivity contribution in [1.29, 1.82) is 0 Å². The molecule has 7 nitrogen and oxygen atoms in total. The molecule has 1 fully saturated rings. The van der Waals surface area contributed by atoms with E-state index in [9.17, 15) is 9.59 Å². The SMILES string of the molecule is Cc1nn(C)cc1C1=NO[C@@H]2C(=O)N(c3cccc(Br)c3)C(=O)[C@H]12. The summed E-state index contributed by atoms with van der Waals surface area (Å²) >= 11 is 3.36. The molecule has 0 N–H and O–H groups in total. The lowest BCUT2D eigenvalue weighted by Gasteiger charge is -2.15. The Labute approximate surface area is 146 Å². The number of nitrogens with zero attached hydrogens (tertiary/aromatic N) is 4. The van der Waals surface area contributed by atoms with Crippen molar-refractivity contribution in [2.45, 2.75) is 13.0 Å². The number of benzene rings is 1. The average Bonchev–Trinajstić information content (AvgIpc) is 3.16. The van der Waals surface area contributed by atoms with Crippen molar-refractivity contribution in [2.24, 2.45) is 18.1 Å². The number of fused-ring (bicyclic) bond motifs is 1. The van der Waals surface area contributed by atoms with Crippen LogP contribution in [0.4, 0.5) is 5.69 Å². The van der Waals surface area contributed by atoms with Gasteiger partial charge in [-0.1, -0.05) is 27.2 Å². The molecule has 4 rings (SSSR count).